The van der Waals surface area contributed by atoms with Crippen LogP contribution in [0, 0.1) is 5.92 Å². The molecule has 0 aliphatic carbocycles. The molecule has 0 aromatic carbocycles. The minimum atomic E-state index is 0.968. The molecular formula is C33H68. The third-order valence-electron chi connectivity index (χ3n) is 7.85. The van der Waals surface area contributed by atoms with Gasteiger partial charge in [0.05, 0.1) is 0 Å². The van der Waals surface area contributed by atoms with Crippen LogP contribution in [-0.4, -0.2) is 0 Å². The van der Waals surface area contributed by atoms with Crippen molar-refractivity contribution in [2.24, 2.45) is 5.92 Å². The molecule has 0 saturated carbocycles. The van der Waals surface area contributed by atoms with Crippen LogP contribution >= 0.6 is 0 Å². The van der Waals surface area contributed by atoms with Crippen LogP contribution in [0.2, 0.25) is 0 Å². The molecule has 0 N–H and O–H groups in total. The van der Waals surface area contributed by atoms with Crippen LogP contribution < -0.4 is 0 Å². The molecule has 33 heavy (non-hydrogen) atoms. The fraction of sp³-hybridized carbons (Fsp3) is 1.00. The van der Waals surface area contributed by atoms with Crippen molar-refractivity contribution >= 4 is 0 Å². The molecule has 200 valence electrons. The van der Waals surface area contributed by atoms with Crippen molar-refractivity contribution in [3.63, 3.8) is 0 Å². The van der Waals surface area contributed by atoms with Crippen molar-refractivity contribution in [2.45, 2.75) is 207 Å². The van der Waals surface area contributed by atoms with Gasteiger partial charge in [0, 0.05) is 0 Å². The first-order chi connectivity index (χ1) is 16.3. The van der Waals surface area contributed by atoms with Crippen molar-refractivity contribution < 1.29 is 0 Å². The summed E-state index contributed by atoms with van der Waals surface area (Å²) in [4.78, 5) is 0. The lowest BCUT2D eigenvalue weighted by Crippen LogP contribution is -1.95. The molecule has 0 aromatic rings. The summed E-state index contributed by atoms with van der Waals surface area (Å²) in [5.74, 6) is 0.968. The Hall–Kier alpha value is 0. The summed E-state index contributed by atoms with van der Waals surface area (Å²) in [6.45, 7) is 7.12. The Bertz CT molecular complexity index is 320. The van der Waals surface area contributed by atoms with Gasteiger partial charge in [-0.15, -0.1) is 0 Å². The van der Waals surface area contributed by atoms with E-state index < -0.39 is 0 Å². The summed E-state index contributed by atoms with van der Waals surface area (Å²) in [7, 11) is 0. The van der Waals surface area contributed by atoms with Gasteiger partial charge in [0.1, 0.15) is 0 Å². The van der Waals surface area contributed by atoms with Crippen molar-refractivity contribution in [1.29, 1.82) is 0 Å². The maximum Gasteiger partial charge on any atom is -0.0443 e. The second-order valence-corrected chi connectivity index (χ2v) is 11.5. The van der Waals surface area contributed by atoms with Gasteiger partial charge in [-0.25, -0.2) is 0 Å². The van der Waals surface area contributed by atoms with Gasteiger partial charge in [-0.2, -0.15) is 0 Å². The highest BCUT2D eigenvalue weighted by Gasteiger charge is 2.02. The van der Waals surface area contributed by atoms with Gasteiger partial charge in [0.15, 0.2) is 0 Å². The second-order valence-electron chi connectivity index (χ2n) is 11.5. The van der Waals surface area contributed by atoms with E-state index in [4.69, 9.17) is 0 Å². The minimum absolute atomic E-state index is 0.968. The maximum absolute atomic E-state index is 2.50. The molecule has 0 heteroatoms. The van der Waals surface area contributed by atoms with E-state index in [9.17, 15) is 0 Å². The van der Waals surface area contributed by atoms with Gasteiger partial charge < -0.3 is 0 Å². The highest BCUT2D eigenvalue weighted by molar-refractivity contribution is 4.56. The largest absolute Gasteiger partial charge is 0.0654 e. The minimum Gasteiger partial charge on any atom is -0.0654 e. The van der Waals surface area contributed by atoms with Crippen LogP contribution in [0.3, 0.4) is 0 Å². The van der Waals surface area contributed by atoms with E-state index in [0.717, 1.165) is 5.92 Å². The molecule has 1 atom stereocenters. The molecule has 0 fully saturated rings. The van der Waals surface area contributed by atoms with E-state index in [1.54, 1.807) is 0 Å². The Morgan fingerprint density at radius 1 is 0.273 bits per heavy atom. The van der Waals surface area contributed by atoms with Crippen molar-refractivity contribution in [1.82, 2.24) is 0 Å². The van der Waals surface area contributed by atoms with Gasteiger partial charge in [-0.3, -0.25) is 0 Å². The highest BCUT2D eigenvalue weighted by atomic mass is 14.1. The zero-order chi connectivity index (χ0) is 24.1. The van der Waals surface area contributed by atoms with E-state index >= 15 is 0 Å². The molecule has 0 unspecified atom stereocenters. The molecular weight excluding hydrogens is 396 g/mol. The first-order valence-corrected chi connectivity index (χ1v) is 16.3. The van der Waals surface area contributed by atoms with Crippen LogP contribution in [0.25, 0.3) is 0 Å². The quantitative estimate of drug-likeness (QED) is 0.0965. The summed E-state index contributed by atoms with van der Waals surface area (Å²) < 4.78 is 0. The SMILES string of the molecule is CCCCCCCCCCCCCCCCCC[C@H](C)CCCCCCCCCCCCC. The average Bonchev–Trinajstić information content (AvgIpc) is 2.82. The Kier molecular flexibility index (Phi) is 30.0. The monoisotopic (exact) mass is 465 g/mol. The third-order valence-corrected chi connectivity index (χ3v) is 7.85. The molecule has 0 saturated heterocycles. The van der Waals surface area contributed by atoms with Crippen LogP contribution in [0.5, 0.6) is 0 Å². The zero-order valence-electron chi connectivity index (χ0n) is 24.1. The number of unbranched alkanes of at least 4 members (excludes halogenated alkanes) is 25. The molecule has 0 nitrogen and oxygen atoms in total. The predicted molar refractivity (Wildman–Crippen MR) is 154 cm³/mol. The van der Waals surface area contributed by atoms with E-state index in [1.807, 2.05) is 0 Å². The average molecular weight is 465 g/mol. The highest BCUT2D eigenvalue weighted by Crippen LogP contribution is 2.19. The fourth-order valence-corrected chi connectivity index (χ4v) is 5.34. The first-order valence-electron chi connectivity index (χ1n) is 16.3. The summed E-state index contributed by atoms with van der Waals surface area (Å²) >= 11 is 0. The lowest BCUT2D eigenvalue weighted by molar-refractivity contribution is 0.429. The van der Waals surface area contributed by atoms with Crippen LogP contribution in [0.1, 0.15) is 207 Å². The summed E-state index contributed by atoms with van der Waals surface area (Å²) in [5, 5.41) is 0. The molecule has 0 heterocycles. The van der Waals surface area contributed by atoms with Gasteiger partial charge in [-0.1, -0.05) is 207 Å². The van der Waals surface area contributed by atoms with Crippen molar-refractivity contribution in [3.05, 3.63) is 0 Å². The Balaban J connectivity index is 3.12. The molecule has 0 spiro atoms. The van der Waals surface area contributed by atoms with Crippen molar-refractivity contribution in [3.8, 4) is 0 Å². The van der Waals surface area contributed by atoms with Gasteiger partial charge in [0.2, 0.25) is 0 Å². The number of hydrogen-bond donors (Lipinski definition) is 0. The molecule has 0 aliphatic heterocycles. The molecule has 0 rings (SSSR count). The summed E-state index contributed by atoms with van der Waals surface area (Å²) in [6, 6.07) is 0. The zero-order valence-corrected chi connectivity index (χ0v) is 24.1. The molecule has 0 aliphatic rings. The van der Waals surface area contributed by atoms with Gasteiger partial charge in [0.25, 0.3) is 0 Å². The number of hydrogen-bond acceptors (Lipinski definition) is 0. The third kappa shape index (κ3) is 30.0. The van der Waals surface area contributed by atoms with E-state index in [1.165, 1.54) is 186 Å². The second kappa shape index (κ2) is 30.0. The molecule has 0 amide bonds. The Morgan fingerprint density at radius 3 is 0.667 bits per heavy atom. The number of rotatable bonds is 29. The van der Waals surface area contributed by atoms with Crippen molar-refractivity contribution in [2.75, 3.05) is 0 Å². The summed E-state index contributed by atoms with van der Waals surface area (Å²) in [6.07, 6.45) is 42.7. The van der Waals surface area contributed by atoms with Crippen LogP contribution in [-0.2, 0) is 0 Å². The standard InChI is InChI=1S/C33H68/c1-4-6-8-10-12-14-16-17-18-19-20-22-24-26-28-30-32-33(3)31-29-27-25-23-21-15-13-11-9-7-5-2/h33H,4-32H2,1-3H3/t33-/m1/s1. The van der Waals surface area contributed by atoms with Gasteiger partial charge in [-0.05, 0) is 5.92 Å². The van der Waals surface area contributed by atoms with E-state index in [2.05, 4.69) is 20.8 Å². The molecule has 0 aromatic heterocycles. The molecule has 0 bridgehead atoms. The van der Waals surface area contributed by atoms with Gasteiger partial charge >= 0.3 is 0 Å². The topological polar surface area (TPSA) is 0 Å². The summed E-state index contributed by atoms with van der Waals surface area (Å²) in [5.41, 5.74) is 0. The van der Waals surface area contributed by atoms with Crippen LogP contribution in [0.4, 0.5) is 0 Å². The Morgan fingerprint density at radius 2 is 0.455 bits per heavy atom. The molecule has 0 radical (unpaired) electrons. The smallest absolute Gasteiger partial charge is 0.0443 e. The normalized spacial score (nSPS) is 12.5. The fourth-order valence-electron chi connectivity index (χ4n) is 5.34. The lowest BCUT2D eigenvalue weighted by Gasteiger charge is -2.11. The van der Waals surface area contributed by atoms with E-state index in [0.29, 0.717) is 0 Å². The Labute approximate surface area is 212 Å². The maximum atomic E-state index is 2.50. The van der Waals surface area contributed by atoms with Crippen LogP contribution in [0.15, 0.2) is 0 Å². The predicted octanol–water partition coefficient (Wildman–Crippen LogP) is 13.0. The first kappa shape index (κ1) is 33.0. The van der Waals surface area contributed by atoms with E-state index in [-0.39, 0.29) is 0 Å². The lowest BCUT2D eigenvalue weighted by atomic mass is 9.95.